The summed E-state index contributed by atoms with van der Waals surface area (Å²) in [4.78, 5) is 11.1. The number of alkyl halides is 3. The Morgan fingerprint density at radius 1 is 1.33 bits per heavy atom. The van der Waals surface area contributed by atoms with E-state index in [0.29, 0.717) is 5.75 Å². The van der Waals surface area contributed by atoms with Gasteiger partial charge in [0.05, 0.1) is 5.69 Å². The summed E-state index contributed by atoms with van der Waals surface area (Å²) in [6.45, 7) is -0.147. The highest BCUT2D eigenvalue weighted by molar-refractivity contribution is 5.95. The number of hydrogen-bond donors (Lipinski definition) is 1. The number of anilines is 1. The molecule has 8 heteroatoms. The van der Waals surface area contributed by atoms with Crippen LogP contribution in [-0.2, 0) is 10.5 Å². The van der Waals surface area contributed by atoms with Crippen LogP contribution in [0.2, 0.25) is 0 Å². The van der Waals surface area contributed by atoms with Crippen molar-refractivity contribution in [3.8, 4) is 5.75 Å². The first kappa shape index (κ1) is 11.0. The van der Waals surface area contributed by atoms with Gasteiger partial charge in [-0.2, -0.15) is 13.2 Å². The molecule has 94 valence electrons. The third-order valence-corrected chi connectivity index (χ3v) is 2.71. The van der Waals surface area contributed by atoms with E-state index in [-0.39, 0.29) is 17.9 Å². The molecule has 2 aliphatic heterocycles. The van der Waals surface area contributed by atoms with E-state index in [9.17, 15) is 18.0 Å². The van der Waals surface area contributed by atoms with Crippen LogP contribution >= 0.6 is 0 Å². The van der Waals surface area contributed by atoms with Crippen LogP contribution in [0.3, 0.4) is 0 Å². The van der Waals surface area contributed by atoms with Crippen molar-refractivity contribution < 1.29 is 22.7 Å². The minimum atomic E-state index is -4.58. The van der Waals surface area contributed by atoms with Crippen molar-refractivity contribution in [1.82, 2.24) is 0 Å². The number of nitrogens with one attached hydrogen (secondary N) is 1. The van der Waals surface area contributed by atoms with E-state index < -0.39 is 17.7 Å². The minimum absolute atomic E-state index is 0.139. The van der Waals surface area contributed by atoms with Crippen molar-refractivity contribution in [3.05, 3.63) is 23.8 Å². The standard InChI is InChI=1S/C10H6F3N3O2/c11-10(12,13)9(15-16-9)5-1-2-7-6(3-5)14-8(17)4-18-7/h1-3H,4H2,(H,14,17). The molecule has 0 saturated carbocycles. The highest BCUT2D eigenvalue weighted by Gasteiger charge is 2.65. The summed E-state index contributed by atoms with van der Waals surface area (Å²) in [5, 5.41) is 8.62. The predicted molar refractivity (Wildman–Crippen MR) is 53.2 cm³/mol. The van der Waals surface area contributed by atoms with Gasteiger partial charge in [-0.1, -0.05) is 6.07 Å². The normalized spacial score (nSPS) is 19.8. The Morgan fingerprint density at radius 3 is 2.67 bits per heavy atom. The number of carbonyl (C=O) groups is 1. The van der Waals surface area contributed by atoms with E-state index in [4.69, 9.17) is 4.74 Å². The average molecular weight is 257 g/mol. The molecule has 2 heterocycles. The molecule has 0 fully saturated rings. The lowest BCUT2D eigenvalue weighted by atomic mass is 10.0. The van der Waals surface area contributed by atoms with Crippen LogP contribution in [-0.4, -0.2) is 18.7 Å². The second-order valence-electron chi connectivity index (χ2n) is 3.92. The van der Waals surface area contributed by atoms with E-state index in [1.165, 1.54) is 18.2 Å². The number of fused-ring (bicyclic) bond motifs is 1. The Labute approximate surface area is 98.6 Å². The van der Waals surface area contributed by atoms with Gasteiger partial charge in [0.25, 0.3) is 5.91 Å². The third-order valence-electron chi connectivity index (χ3n) is 2.71. The fourth-order valence-electron chi connectivity index (χ4n) is 1.74. The van der Waals surface area contributed by atoms with Gasteiger partial charge in [0.1, 0.15) is 5.75 Å². The quantitative estimate of drug-likeness (QED) is 0.838. The maximum absolute atomic E-state index is 12.8. The molecular weight excluding hydrogens is 251 g/mol. The van der Waals surface area contributed by atoms with Gasteiger partial charge < -0.3 is 10.1 Å². The number of rotatable bonds is 1. The Morgan fingerprint density at radius 2 is 2.06 bits per heavy atom. The summed E-state index contributed by atoms with van der Waals surface area (Å²) in [6.07, 6.45) is -4.58. The van der Waals surface area contributed by atoms with Crippen LogP contribution in [0.15, 0.2) is 28.4 Å². The number of benzene rings is 1. The van der Waals surface area contributed by atoms with Gasteiger partial charge in [0.15, 0.2) is 6.61 Å². The molecule has 0 aromatic heterocycles. The summed E-state index contributed by atoms with van der Waals surface area (Å²) >= 11 is 0. The molecule has 0 radical (unpaired) electrons. The summed E-state index contributed by atoms with van der Waals surface area (Å²) in [5.41, 5.74) is -2.42. The van der Waals surface area contributed by atoms with Crippen LogP contribution < -0.4 is 10.1 Å². The second kappa shape index (κ2) is 3.21. The van der Waals surface area contributed by atoms with Crippen LogP contribution in [0.25, 0.3) is 0 Å². The first-order chi connectivity index (χ1) is 8.42. The van der Waals surface area contributed by atoms with E-state index in [1.54, 1.807) is 0 Å². The number of carbonyl (C=O) groups excluding carboxylic acids is 1. The molecule has 18 heavy (non-hydrogen) atoms. The van der Waals surface area contributed by atoms with Crippen molar-refractivity contribution in [2.24, 2.45) is 10.2 Å². The topological polar surface area (TPSA) is 63.0 Å². The molecule has 1 N–H and O–H groups in total. The zero-order chi connectivity index (χ0) is 13.0. The zero-order valence-electron chi connectivity index (χ0n) is 8.78. The monoisotopic (exact) mass is 257 g/mol. The van der Waals surface area contributed by atoms with Gasteiger partial charge in [-0.3, -0.25) is 4.79 Å². The van der Waals surface area contributed by atoms with Crippen molar-refractivity contribution in [2.75, 3.05) is 11.9 Å². The number of hydrogen-bond acceptors (Lipinski definition) is 4. The van der Waals surface area contributed by atoms with Crippen molar-refractivity contribution in [2.45, 2.75) is 11.8 Å². The molecule has 1 aromatic rings. The lowest BCUT2D eigenvalue weighted by Crippen LogP contribution is -2.31. The van der Waals surface area contributed by atoms with Crippen molar-refractivity contribution in [1.29, 1.82) is 0 Å². The smallest absolute Gasteiger partial charge is 0.442 e. The van der Waals surface area contributed by atoms with Crippen molar-refractivity contribution >= 4 is 11.6 Å². The molecule has 0 bridgehead atoms. The molecule has 1 aromatic carbocycles. The maximum atomic E-state index is 12.8. The van der Waals surface area contributed by atoms with Crippen LogP contribution in [0.5, 0.6) is 5.75 Å². The molecule has 5 nitrogen and oxygen atoms in total. The average Bonchev–Trinajstić information content (AvgIpc) is 3.08. The molecule has 1 amide bonds. The Kier molecular flexibility index (Phi) is 1.96. The molecule has 0 atom stereocenters. The predicted octanol–water partition coefficient (Wildman–Crippen LogP) is 2.20. The first-order valence-corrected chi connectivity index (χ1v) is 5.00. The maximum Gasteiger partial charge on any atom is 0.442 e. The van der Waals surface area contributed by atoms with E-state index in [0.717, 1.165) is 0 Å². The molecule has 3 rings (SSSR count). The van der Waals surface area contributed by atoms with Crippen LogP contribution in [0.1, 0.15) is 5.56 Å². The Hall–Kier alpha value is -2.12. The van der Waals surface area contributed by atoms with Gasteiger partial charge in [-0.15, -0.1) is 10.2 Å². The third kappa shape index (κ3) is 1.45. The van der Waals surface area contributed by atoms with E-state index in [1.807, 2.05) is 0 Å². The lowest BCUT2D eigenvalue weighted by Gasteiger charge is -2.20. The van der Waals surface area contributed by atoms with Crippen LogP contribution in [0, 0.1) is 0 Å². The molecule has 0 spiro atoms. The minimum Gasteiger partial charge on any atom is -0.482 e. The number of amides is 1. The van der Waals surface area contributed by atoms with E-state index >= 15 is 0 Å². The summed E-state index contributed by atoms with van der Waals surface area (Å²) in [5.74, 6) is -0.0818. The van der Waals surface area contributed by atoms with Gasteiger partial charge in [0, 0.05) is 5.56 Å². The molecule has 0 aliphatic carbocycles. The van der Waals surface area contributed by atoms with Gasteiger partial charge in [-0.25, -0.2) is 0 Å². The fraction of sp³-hybridized carbons (Fsp3) is 0.300. The molecule has 2 aliphatic rings. The SMILES string of the molecule is O=C1COc2ccc(C3(C(F)(F)F)N=N3)cc2N1. The second-order valence-corrected chi connectivity index (χ2v) is 3.92. The molecular formula is C10H6F3N3O2. The van der Waals surface area contributed by atoms with E-state index in [2.05, 4.69) is 15.5 Å². The number of ether oxygens (including phenoxy) is 1. The largest absolute Gasteiger partial charge is 0.482 e. The molecule has 0 unspecified atom stereocenters. The Balaban J connectivity index is 2.01. The van der Waals surface area contributed by atoms with Crippen molar-refractivity contribution in [3.63, 3.8) is 0 Å². The Bertz CT molecular complexity index is 562. The number of nitrogens with zero attached hydrogens (tertiary/aromatic N) is 2. The zero-order valence-corrected chi connectivity index (χ0v) is 8.78. The van der Waals surface area contributed by atoms with Gasteiger partial charge >= 0.3 is 11.8 Å². The van der Waals surface area contributed by atoms with Crippen LogP contribution in [0.4, 0.5) is 18.9 Å². The van der Waals surface area contributed by atoms with Gasteiger partial charge in [-0.05, 0) is 12.1 Å². The lowest BCUT2D eigenvalue weighted by molar-refractivity contribution is -0.166. The number of halogens is 3. The van der Waals surface area contributed by atoms with Gasteiger partial charge in [0.2, 0.25) is 0 Å². The fourth-order valence-corrected chi connectivity index (χ4v) is 1.74. The highest BCUT2D eigenvalue weighted by Crippen LogP contribution is 2.53. The summed E-state index contributed by atoms with van der Waals surface area (Å²) in [7, 11) is 0. The summed E-state index contributed by atoms with van der Waals surface area (Å²) < 4.78 is 43.4. The molecule has 0 saturated heterocycles. The first-order valence-electron chi connectivity index (χ1n) is 5.00. The highest BCUT2D eigenvalue weighted by atomic mass is 19.4. The summed E-state index contributed by atoms with van der Waals surface area (Å²) in [6, 6.07) is 3.78.